The van der Waals surface area contributed by atoms with Gasteiger partial charge in [0.2, 0.25) is 5.89 Å². The number of tetrazole rings is 1. The summed E-state index contributed by atoms with van der Waals surface area (Å²) in [6, 6.07) is 8.72. The van der Waals surface area contributed by atoms with Crippen LogP contribution in [0.5, 0.6) is 0 Å². The third-order valence-corrected chi connectivity index (χ3v) is 4.09. The van der Waals surface area contributed by atoms with Crippen molar-refractivity contribution in [1.29, 1.82) is 0 Å². The van der Waals surface area contributed by atoms with Crippen LogP contribution in [0.3, 0.4) is 0 Å². The second kappa shape index (κ2) is 7.47. The summed E-state index contributed by atoms with van der Waals surface area (Å²) in [5.74, 6) is 1.70. The molecule has 3 aromatic rings. The number of hydrogen-bond acceptors (Lipinski definition) is 6. The number of nitrogens with one attached hydrogen (secondary N) is 1. The van der Waals surface area contributed by atoms with Crippen LogP contribution in [-0.4, -0.2) is 31.1 Å². The number of rotatable bonds is 6. The van der Waals surface area contributed by atoms with E-state index < -0.39 is 0 Å². The Hall–Kier alpha value is -3.03. The summed E-state index contributed by atoms with van der Waals surface area (Å²) in [5.41, 5.74) is 1.44. The highest BCUT2D eigenvalue weighted by Crippen LogP contribution is 2.18. The molecule has 2 heterocycles. The molecule has 136 valence electrons. The van der Waals surface area contributed by atoms with Crippen molar-refractivity contribution in [1.82, 2.24) is 30.5 Å². The maximum atomic E-state index is 12.5. The molecule has 1 atom stereocenters. The van der Waals surface area contributed by atoms with Crippen molar-refractivity contribution < 1.29 is 9.21 Å². The van der Waals surface area contributed by atoms with E-state index in [1.165, 1.54) is 4.80 Å². The summed E-state index contributed by atoms with van der Waals surface area (Å²) in [6.45, 7) is 8.03. The smallest absolute Gasteiger partial charge is 0.251 e. The third kappa shape index (κ3) is 3.96. The fourth-order valence-corrected chi connectivity index (χ4v) is 2.52. The summed E-state index contributed by atoms with van der Waals surface area (Å²) >= 11 is 0. The van der Waals surface area contributed by atoms with Crippen molar-refractivity contribution in [2.45, 2.75) is 40.3 Å². The molecule has 0 fully saturated rings. The van der Waals surface area contributed by atoms with E-state index in [1.54, 1.807) is 12.1 Å². The van der Waals surface area contributed by atoms with Gasteiger partial charge in [-0.2, -0.15) is 4.80 Å². The van der Waals surface area contributed by atoms with Gasteiger partial charge in [0.15, 0.2) is 5.82 Å². The first-order valence-electron chi connectivity index (χ1n) is 8.50. The Morgan fingerprint density at radius 1 is 1.23 bits per heavy atom. The zero-order valence-corrected chi connectivity index (χ0v) is 15.3. The van der Waals surface area contributed by atoms with E-state index >= 15 is 0 Å². The maximum Gasteiger partial charge on any atom is 0.251 e. The van der Waals surface area contributed by atoms with Crippen molar-refractivity contribution in [2.75, 3.05) is 0 Å². The van der Waals surface area contributed by atoms with Gasteiger partial charge in [0.25, 0.3) is 5.91 Å². The lowest BCUT2D eigenvalue weighted by Gasteiger charge is -2.18. The van der Waals surface area contributed by atoms with E-state index in [2.05, 4.69) is 25.7 Å². The zero-order chi connectivity index (χ0) is 18.7. The summed E-state index contributed by atoms with van der Waals surface area (Å²) in [7, 11) is 0. The SMILES string of the molecule is Cc1nc(Cn2nnc(C(NC(=O)c3ccccc3)C(C)C)n2)oc1C. The van der Waals surface area contributed by atoms with E-state index in [1.807, 2.05) is 45.9 Å². The van der Waals surface area contributed by atoms with Crippen LogP contribution < -0.4 is 5.32 Å². The molecule has 0 aliphatic carbocycles. The van der Waals surface area contributed by atoms with Crippen LogP contribution in [0, 0.1) is 19.8 Å². The topological polar surface area (TPSA) is 98.7 Å². The van der Waals surface area contributed by atoms with Gasteiger partial charge >= 0.3 is 0 Å². The van der Waals surface area contributed by atoms with Gasteiger partial charge in [0.1, 0.15) is 12.3 Å². The normalized spacial score (nSPS) is 12.3. The minimum atomic E-state index is -0.343. The van der Waals surface area contributed by atoms with E-state index in [0.717, 1.165) is 11.5 Å². The summed E-state index contributed by atoms with van der Waals surface area (Å²) in [5, 5.41) is 15.5. The highest BCUT2D eigenvalue weighted by Gasteiger charge is 2.24. The lowest BCUT2D eigenvalue weighted by Crippen LogP contribution is -2.32. The molecule has 2 aromatic heterocycles. The van der Waals surface area contributed by atoms with Gasteiger partial charge in [0.05, 0.1) is 11.7 Å². The first-order valence-corrected chi connectivity index (χ1v) is 8.50. The van der Waals surface area contributed by atoms with Gasteiger partial charge < -0.3 is 9.73 Å². The van der Waals surface area contributed by atoms with Gasteiger partial charge in [-0.15, -0.1) is 10.2 Å². The molecule has 0 aliphatic rings. The zero-order valence-electron chi connectivity index (χ0n) is 15.3. The molecule has 0 aliphatic heterocycles. The lowest BCUT2D eigenvalue weighted by atomic mass is 10.0. The molecular formula is C18H22N6O2. The molecule has 26 heavy (non-hydrogen) atoms. The summed E-state index contributed by atoms with van der Waals surface area (Å²) in [4.78, 5) is 18.2. The Labute approximate surface area is 151 Å². The fraction of sp³-hybridized carbons (Fsp3) is 0.389. The van der Waals surface area contributed by atoms with Crippen LogP contribution in [0.4, 0.5) is 0 Å². The van der Waals surface area contributed by atoms with Gasteiger partial charge in [-0.3, -0.25) is 4.79 Å². The van der Waals surface area contributed by atoms with Crippen molar-refractivity contribution in [2.24, 2.45) is 5.92 Å². The number of benzene rings is 1. The highest BCUT2D eigenvalue weighted by atomic mass is 16.4. The number of oxazole rings is 1. The van der Waals surface area contributed by atoms with E-state index in [-0.39, 0.29) is 17.9 Å². The van der Waals surface area contributed by atoms with E-state index in [0.29, 0.717) is 23.8 Å². The van der Waals surface area contributed by atoms with Crippen molar-refractivity contribution >= 4 is 5.91 Å². The van der Waals surface area contributed by atoms with Crippen LogP contribution >= 0.6 is 0 Å². The number of carbonyl (C=O) groups is 1. The fourth-order valence-electron chi connectivity index (χ4n) is 2.52. The van der Waals surface area contributed by atoms with Crippen LogP contribution in [0.25, 0.3) is 0 Å². The number of amides is 1. The third-order valence-electron chi connectivity index (χ3n) is 4.09. The molecular weight excluding hydrogens is 332 g/mol. The average Bonchev–Trinajstić information content (AvgIpc) is 3.19. The van der Waals surface area contributed by atoms with E-state index in [9.17, 15) is 4.79 Å². The molecule has 0 spiro atoms. The summed E-state index contributed by atoms with van der Waals surface area (Å²) in [6.07, 6.45) is 0. The quantitative estimate of drug-likeness (QED) is 0.730. The molecule has 3 rings (SSSR count). The van der Waals surface area contributed by atoms with Gasteiger partial charge in [-0.1, -0.05) is 32.0 Å². The Balaban J connectivity index is 1.74. The number of carbonyl (C=O) groups excluding carboxylic acids is 1. The number of hydrogen-bond donors (Lipinski definition) is 1. The minimum Gasteiger partial charge on any atom is -0.444 e. The Bertz CT molecular complexity index is 865. The predicted octanol–water partition coefficient (Wildman–Crippen LogP) is 2.45. The first kappa shape index (κ1) is 17.8. The van der Waals surface area contributed by atoms with E-state index in [4.69, 9.17) is 4.42 Å². The minimum absolute atomic E-state index is 0.103. The average molecular weight is 354 g/mol. The molecule has 0 saturated heterocycles. The Morgan fingerprint density at radius 2 is 1.96 bits per heavy atom. The second-order valence-corrected chi connectivity index (χ2v) is 6.49. The largest absolute Gasteiger partial charge is 0.444 e. The van der Waals surface area contributed by atoms with Gasteiger partial charge in [0, 0.05) is 5.56 Å². The van der Waals surface area contributed by atoms with Crippen LogP contribution in [0.2, 0.25) is 0 Å². The second-order valence-electron chi connectivity index (χ2n) is 6.49. The van der Waals surface area contributed by atoms with Crippen LogP contribution in [0.1, 0.15) is 53.4 Å². The monoisotopic (exact) mass is 354 g/mol. The van der Waals surface area contributed by atoms with Gasteiger partial charge in [-0.25, -0.2) is 4.98 Å². The number of aromatic nitrogens is 5. The van der Waals surface area contributed by atoms with Crippen LogP contribution in [-0.2, 0) is 6.54 Å². The number of nitrogens with zero attached hydrogens (tertiary/aromatic N) is 5. The number of aryl methyl sites for hydroxylation is 2. The molecule has 1 unspecified atom stereocenters. The Kier molecular flexibility index (Phi) is 5.11. The van der Waals surface area contributed by atoms with Crippen molar-refractivity contribution in [3.8, 4) is 0 Å². The van der Waals surface area contributed by atoms with Crippen LogP contribution in [0.15, 0.2) is 34.7 Å². The lowest BCUT2D eigenvalue weighted by molar-refractivity contribution is 0.0923. The molecule has 0 bridgehead atoms. The molecule has 1 amide bonds. The molecule has 0 saturated carbocycles. The highest BCUT2D eigenvalue weighted by molar-refractivity contribution is 5.94. The molecule has 8 heteroatoms. The van der Waals surface area contributed by atoms with Crippen molar-refractivity contribution in [3.63, 3.8) is 0 Å². The predicted molar refractivity (Wildman–Crippen MR) is 94.4 cm³/mol. The standard InChI is InChI=1S/C18H22N6O2/c1-11(2)16(20-18(25)14-8-6-5-7-9-14)17-21-23-24(22-17)10-15-19-12(3)13(4)26-15/h5-9,11,16H,10H2,1-4H3,(H,20,25). The molecule has 1 N–H and O–H groups in total. The summed E-state index contributed by atoms with van der Waals surface area (Å²) < 4.78 is 5.55. The van der Waals surface area contributed by atoms with Gasteiger partial charge in [-0.05, 0) is 37.1 Å². The Morgan fingerprint density at radius 3 is 2.58 bits per heavy atom. The van der Waals surface area contributed by atoms with Crippen molar-refractivity contribution in [3.05, 3.63) is 59.1 Å². The molecule has 1 aromatic carbocycles. The molecule has 0 radical (unpaired) electrons. The first-order chi connectivity index (χ1) is 12.4. The molecule has 8 nitrogen and oxygen atoms in total. The maximum absolute atomic E-state index is 12.5.